The first kappa shape index (κ1) is 11.7. The van der Waals surface area contributed by atoms with Crippen LogP contribution in [0.1, 0.15) is 38.2 Å². The van der Waals surface area contributed by atoms with Gasteiger partial charge < -0.3 is 5.32 Å². The number of aryl methyl sites for hydroxylation is 1. The van der Waals surface area contributed by atoms with E-state index in [1.165, 1.54) is 44.2 Å². The third-order valence-corrected chi connectivity index (χ3v) is 3.54. The molecule has 1 nitrogen and oxygen atoms in total. The normalized spacial score (nSPS) is 24.1. The Balaban J connectivity index is 1.49. The highest BCUT2D eigenvalue weighted by molar-refractivity contribution is 5.14. The van der Waals surface area contributed by atoms with Gasteiger partial charge in [0.25, 0.3) is 0 Å². The van der Waals surface area contributed by atoms with E-state index in [9.17, 15) is 0 Å². The molecule has 1 aromatic carbocycles. The summed E-state index contributed by atoms with van der Waals surface area (Å²) in [4.78, 5) is 0. The lowest BCUT2D eigenvalue weighted by molar-refractivity contribution is 0.241. The number of benzene rings is 1. The Labute approximate surface area is 99.3 Å². The number of hydrogen-bond acceptors (Lipinski definition) is 1. The van der Waals surface area contributed by atoms with Crippen LogP contribution in [0.3, 0.4) is 0 Å². The molecule has 1 heteroatoms. The fourth-order valence-corrected chi connectivity index (χ4v) is 2.47. The molecule has 1 N–H and O–H groups in total. The van der Waals surface area contributed by atoms with Crippen LogP contribution in [-0.2, 0) is 6.42 Å². The molecule has 16 heavy (non-hydrogen) atoms. The van der Waals surface area contributed by atoms with Crippen molar-refractivity contribution in [3.8, 4) is 0 Å². The second-order valence-corrected chi connectivity index (χ2v) is 5.17. The van der Waals surface area contributed by atoms with Crippen molar-refractivity contribution in [2.45, 2.75) is 45.1 Å². The Bertz CT molecular complexity index is 288. The minimum atomic E-state index is 0.826. The van der Waals surface area contributed by atoms with Crippen molar-refractivity contribution in [2.75, 3.05) is 6.54 Å². The molecule has 0 radical (unpaired) electrons. The molecule has 0 aromatic heterocycles. The fourth-order valence-electron chi connectivity index (χ4n) is 2.47. The molecule has 0 saturated heterocycles. The maximum Gasteiger partial charge on any atom is 0.00721 e. The molecule has 1 aromatic rings. The van der Waals surface area contributed by atoms with Gasteiger partial charge in [-0.3, -0.25) is 0 Å². The summed E-state index contributed by atoms with van der Waals surface area (Å²) in [7, 11) is 0. The highest BCUT2D eigenvalue weighted by atomic mass is 14.9. The molecule has 1 saturated carbocycles. The van der Waals surface area contributed by atoms with Crippen LogP contribution in [0.5, 0.6) is 0 Å². The Hall–Kier alpha value is -0.820. The van der Waals surface area contributed by atoms with Gasteiger partial charge in [0, 0.05) is 6.04 Å². The molecule has 0 atom stereocenters. The van der Waals surface area contributed by atoms with Crippen LogP contribution in [0, 0.1) is 5.92 Å². The van der Waals surface area contributed by atoms with Crippen LogP contribution in [0.4, 0.5) is 0 Å². The molecule has 0 unspecified atom stereocenters. The van der Waals surface area contributed by atoms with E-state index in [1.807, 2.05) is 0 Å². The summed E-state index contributed by atoms with van der Waals surface area (Å²) in [5, 5.41) is 3.64. The van der Waals surface area contributed by atoms with Crippen LogP contribution >= 0.6 is 0 Å². The van der Waals surface area contributed by atoms with Crippen LogP contribution in [-0.4, -0.2) is 12.6 Å². The predicted molar refractivity (Wildman–Crippen MR) is 69.6 cm³/mol. The number of hydrogen-bond donors (Lipinski definition) is 1. The zero-order valence-electron chi connectivity index (χ0n) is 10.3. The van der Waals surface area contributed by atoms with Gasteiger partial charge in [-0.1, -0.05) is 37.3 Å². The molecule has 0 bridgehead atoms. The van der Waals surface area contributed by atoms with Gasteiger partial charge in [0.15, 0.2) is 0 Å². The lowest BCUT2D eigenvalue weighted by Crippen LogP contribution is -2.40. The lowest BCUT2D eigenvalue weighted by Gasteiger charge is -2.33. The van der Waals surface area contributed by atoms with Gasteiger partial charge in [0.1, 0.15) is 0 Å². The first-order chi connectivity index (χ1) is 7.84. The number of rotatable bonds is 6. The standard InChI is InChI=1S/C15H23N/c1-13-11-15(12-13)16-10-6-5-9-14-7-3-2-4-8-14/h2-4,7-8,13,15-16H,5-6,9-12H2,1H3. The zero-order valence-corrected chi connectivity index (χ0v) is 10.3. The smallest absolute Gasteiger partial charge is 0.00721 e. The molecule has 0 heterocycles. The summed E-state index contributed by atoms with van der Waals surface area (Å²) in [5.41, 5.74) is 1.47. The average molecular weight is 217 g/mol. The van der Waals surface area contributed by atoms with Crippen LogP contribution in [0.25, 0.3) is 0 Å². The van der Waals surface area contributed by atoms with Crippen LogP contribution < -0.4 is 5.32 Å². The Kier molecular flexibility index (Phi) is 4.41. The van der Waals surface area contributed by atoms with Gasteiger partial charge in [-0.15, -0.1) is 0 Å². The largest absolute Gasteiger partial charge is 0.314 e. The predicted octanol–water partition coefficient (Wildman–Crippen LogP) is 3.40. The first-order valence-electron chi connectivity index (χ1n) is 6.62. The van der Waals surface area contributed by atoms with Crippen molar-refractivity contribution in [2.24, 2.45) is 5.92 Å². The summed E-state index contributed by atoms with van der Waals surface area (Å²) in [6.45, 7) is 3.54. The minimum Gasteiger partial charge on any atom is -0.314 e. The highest BCUT2D eigenvalue weighted by Crippen LogP contribution is 2.26. The van der Waals surface area contributed by atoms with Gasteiger partial charge in [0.05, 0.1) is 0 Å². The Morgan fingerprint density at radius 1 is 1.12 bits per heavy atom. The molecule has 0 amide bonds. The second-order valence-electron chi connectivity index (χ2n) is 5.17. The minimum absolute atomic E-state index is 0.826. The molecule has 0 aliphatic heterocycles. The van der Waals surface area contributed by atoms with Gasteiger partial charge in [0.2, 0.25) is 0 Å². The van der Waals surface area contributed by atoms with E-state index in [0.717, 1.165) is 12.0 Å². The summed E-state index contributed by atoms with van der Waals surface area (Å²) < 4.78 is 0. The van der Waals surface area contributed by atoms with Crippen molar-refractivity contribution < 1.29 is 0 Å². The van der Waals surface area contributed by atoms with E-state index in [4.69, 9.17) is 0 Å². The molecule has 1 aliphatic rings. The zero-order chi connectivity index (χ0) is 11.2. The van der Waals surface area contributed by atoms with Gasteiger partial charge in [-0.25, -0.2) is 0 Å². The van der Waals surface area contributed by atoms with Crippen molar-refractivity contribution in [1.29, 1.82) is 0 Å². The summed E-state index contributed by atoms with van der Waals surface area (Å²) in [6.07, 6.45) is 6.61. The third kappa shape index (κ3) is 3.64. The maximum atomic E-state index is 3.64. The van der Waals surface area contributed by atoms with Gasteiger partial charge in [-0.2, -0.15) is 0 Å². The molecular formula is C15H23N. The van der Waals surface area contributed by atoms with Crippen molar-refractivity contribution in [3.63, 3.8) is 0 Å². The van der Waals surface area contributed by atoms with E-state index < -0.39 is 0 Å². The van der Waals surface area contributed by atoms with Crippen molar-refractivity contribution >= 4 is 0 Å². The third-order valence-electron chi connectivity index (χ3n) is 3.54. The quantitative estimate of drug-likeness (QED) is 0.720. The summed E-state index contributed by atoms with van der Waals surface area (Å²) >= 11 is 0. The Morgan fingerprint density at radius 3 is 2.56 bits per heavy atom. The molecular weight excluding hydrogens is 194 g/mol. The fraction of sp³-hybridized carbons (Fsp3) is 0.600. The molecule has 88 valence electrons. The summed E-state index contributed by atoms with van der Waals surface area (Å²) in [5.74, 6) is 0.960. The maximum absolute atomic E-state index is 3.64. The summed E-state index contributed by atoms with van der Waals surface area (Å²) in [6, 6.07) is 11.6. The average Bonchev–Trinajstić information content (AvgIpc) is 2.27. The van der Waals surface area contributed by atoms with E-state index >= 15 is 0 Å². The highest BCUT2D eigenvalue weighted by Gasteiger charge is 2.23. The molecule has 2 rings (SSSR count). The lowest BCUT2D eigenvalue weighted by atomic mass is 9.82. The first-order valence-corrected chi connectivity index (χ1v) is 6.62. The SMILES string of the molecule is CC1CC(NCCCCc2ccccc2)C1. The van der Waals surface area contributed by atoms with E-state index in [-0.39, 0.29) is 0 Å². The van der Waals surface area contributed by atoms with E-state index in [2.05, 4.69) is 42.6 Å². The topological polar surface area (TPSA) is 12.0 Å². The second kappa shape index (κ2) is 6.05. The van der Waals surface area contributed by atoms with Crippen LogP contribution in [0.2, 0.25) is 0 Å². The van der Waals surface area contributed by atoms with E-state index in [0.29, 0.717) is 0 Å². The molecule has 0 spiro atoms. The van der Waals surface area contributed by atoms with Crippen LogP contribution in [0.15, 0.2) is 30.3 Å². The Morgan fingerprint density at radius 2 is 1.88 bits per heavy atom. The number of nitrogens with one attached hydrogen (secondary N) is 1. The van der Waals surface area contributed by atoms with Crippen molar-refractivity contribution in [3.05, 3.63) is 35.9 Å². The van der Waals surface area contributed by atoms with E-state index in [1.54, 1.807) is 0 Å². The molecule has 1 fully saturated rings. The van der Waals surface area contributed by atoms with Gasteiger partial charge in [-0.05, 0) is 50.1 Å². The monoisotopic (exact) mass is 217 g/mol. The molecule has 1 aliphatic carbocycles. The van der Waals surface area contributed by atoms with Crippen molar-refractivity contribution in [1.82, 2.24) is 5.32 Å². The van der Waals surface area contributed by atoms with Gasteiger partial charge >= 0.3 is 0 Å². The number of unbranched alkanes of at least 4 members (excludes halogenated alkanes) is 1.